The molecule has 1 nitrogen and oxygen atoms in total. The Hall–Kier alpha value is -2.77. The van der Waals surface area contributed by atoms with E-state index in [0.717, 1.165) is 0 Å². The molecule has 0 spiro atoms. The monoisotopic (exact) mass is 971 g/mol. The van der Waals surface area contributed by atoms with Crippen molar-refractivity contribution in [1.29, 1.82) is 0 Å². The second-order valence-electron chi connectivity index (χ2n) is 10.5. The van der Waals surface area contributed by atoms with E-state index in [1.165, 1.54) is 0 Å². The fourth-order valence-electron chi connectivity index (χ4n) is 3.23. The molecule has 0 aromatic carbocycles. The van der Waals surface area contributed by atoms with Gasteiger partial charge >= 0.3 is 107 Å². The summed E-state index contributed by atoms with van der Waals surface area (Å²) in [6, 6.07) is -8.47. The van der Waals surface area contributed by atoms with Crippen molar-refractivity contribution in [3.8, 4) is 0 Å². The van der Waals surface area contributed by atoms with Crippen molar-refractivity contribution >= 4 is 0 Å². The lowest BCUT2D eigenvalue weighted by Gasteiger charge is -2.47. The highest BCUT2D eigenvalue weighted by molar-refractivity contribution is 5.22. The minimum Gasteiger partial charge on any atom is -0.192 e. The molecule has 0 aliphatic heterocycles. The van der Waals surface area contributed by atoms with Crippen molar-refractivity contribution in [1.82, 2.24) is 5.34 Å². The fraction of sp³-hybridized carbons (Fsp3) is 1.00. The molecule has 0 heterocycles. The van der Waals surface area contributed by atoms with E-state index in [9.17, 15) is 171 Å². The second kappa shape index (κ2) is 13.1. The van der Waals surface area contributed by atoms with Gasteiger partial charge in [-0.25, -0.2) is 0 Å². The Balaban J connectivity index is 7.89. The van der Waals surface area contributed by atoms with Gasteiger partial charge in [-0.1, -0.05) is 8.96 Å². The van der Waals surface area contributed by atoms with Crippen LogP contribution in [0.3, 0.4) is 0 Å². The Morgan fingerprint density at radius 3 is 0.362 bits per heavy atom. The van der Waals surface area contributed by atoms with E-state index in [4.69, 9.17) is 0 Å². The van der Waals surface area contributed by atoms with Crippen LogP contribution in [0.15, 0.2) is 0 Å². The summed E-state index contributed by atoms with van der Waals surface area (Å²) >= 11 is 0. The molecule has 40 heteroatoms. The van der Waals surface area contributed by atoms with Crippen molar-refractivity contribution in [2.75, 3.05) is 0 Å². The molecule has 0 radical (unpaired) electrons. The lowest BCUT2D eigenvalue weighted by Crippen LogP contribution is -2.80. The maximum absolute atomic E-state index is 13.8. The molecule has 0 saturated heterocycles. The minimum atomic E-state index is -10.5. The van der Waals surface area contributed by atoms with Crippen molar-refractivity contribution < 1.29 is 171 Å². The maximum Gasteiger partial charge on any atom is 0.460 e. The molecule has 0 aliphatic rings. The molecule has 0 atom stereocenters. The molecule has 0 amide bonds. The quantitative estimate of drug-likeness (QED) is 0.0798. The molecule has 0 bridgehead atoms. The first-order valence-electron chi connectivity index (χ1n) is 11.8. The third kappa shape index (κ3) is 5.95. The first-order valence-corrected chi connectivity index (χ1v) is 11.8. The molecule has 0 aromatic rings. The van der Waals surface area contributed by atoms with Crippen LogP contribution in [-0.4, -0.2) is 112 Å². The van der Waals surface area contributed by atoms with E-state index in [2.05, 4.69) is 0 Å². The fourth-order valence-corrected chi connectivity index (χ4v) is 3.23. The van der Waals surface area contributed by atoms with E-state index < -0.39 is 112 Å². The minimum absolute atomic E-state index is 4.72. The van der Waals surface area contributed by atoms with Gasteiger partial charge in [0.25, 0.3) is 0 Å². The Morgan fingerprint density at radius 2 is 0.259 bits per heavy atom. The second-order valence-corrected chi connectivity index (χ2v) is 10.5. The number of rotatable bonds is 17. The summed E-state index contributed by atoms with van der Waals surface area (Å²) in [4.78, 5) is 0. The van der Waals surface area contributed by atoms with Gasteiger partial charge in [-0.15, -0.1) is 0 Å². The van der Waals surface area contributed by atoms with E-state index in [0.29, 0.717) is 0 Å². The zero-order valence-corrected chi connectivity index (χ0v) is 24.2. The number of hydrogen-bond donors (Lipinski definition) is 0. The van der Waals surface area contributed by atoms with Crippen molar-refractivity contribution in [2.24, 2.45) is 0 Å². The summed E-state index contributed by atoms with van der Waals surface area (Å²) in [6.07, 6.45) is -8.49. The number of halogens is 39. The Morgan fingerprint density at radius 1 is 0.155 bits per heavy atom. The molecular formula is C18F39N. The Kier molecular flexibility index (Phi) is 12.5. The van der Waals surface area contributed by atoms with E-state index in [1.54, 1.807) is 0 Å². The molecule has 0 aliphatic carbocycles. The molecular weight excluding hydrogens is 971 g/mol. The van der Waals surface area contributed by atoms with E-state index in [1.807, 2.05) is 0 Å². The van der Waals surface area contributed by atoms with Gasteiger partial charge in [0.05, 0.1) is 5.34 Å². The lowest BCUT2D eigenvalue weighted by atomic mass is 9.82. The van der Waals surface area contributed by atoms with Gasteiger partial charge in [0.15, 0.2) is 0 Å². The van der Waals surface area contributed by atoms with Crippen LogP contribution in [0.2, 0.25) is 0 Å². The number of hydrogen-bond acceptors (Lipinski definition) is 1. The average molecular weight is 971 g/mol. The summed E-state index contributed by atoms with van der Waals surface area (Å²) in [6.45, 7) is 0. The van der Waals surface area contributed by atoms with Gasteiger partial charge in [0, 0.05) is 0 Å². The Labute approximate surface area is 285 Å². The summed E-state index contributed by atoms with van der Waals surface area (Å²) in [5.74, 6) is -161. The molecule has 350 valence electrons. The molecule has 0 saturated carbocycles. The van der Waals surface area contributed by atoms with Crippen LogP contribution in [0.5, 0.6) is 0 Å². The third-order valence-corrected chi connectivity index (χ3v) is 6.86. The normalized spacial score (nSPS) is 17.4. The van der Waals surface area contributed by atoms with E-state index >= 15 is 0 Å². The highest BCUT2D eigenvalue weighted by Gasteiger charge is 3.02. The molecule has 58 heavy (non-hydrogen) atoms. The average Bonchev–Trinajstić information content (AvgIpc) is 2.98. The first kappa shape index (κ1) is 55.2. The first-order chi connectivity index (χ1) is 24.2. The SMILES string of the molecule is FN(F)C(F)(F)C(F)(F)C(F)(F)C(F)(F)C(F)(F)C(F)(F)C(F)(F)C(F)(F)C(F)(F)C(F)(F)C(F)(F)C(F)(F)C(F)(F)C(F)(F)C(F)(F)C(F)(F)C(F)(F)C(F)(F)F. The predicted molar refractivity (Wildman–Crippen MR) is 94.2 cm³/mol. The summed E-state index contributed by atoms with van der Waals surface area (Å²) in [5, 5.41) is -4.72. The molecule has 0 fully saturated rings. The molecule has 0 aromatic heterocycles. The summed E-state index contributed by atoms with van der Waals surface area (Å²) < 4.78 is 519. The molecule has 0 rings (SSSR count). The third-order valence-electron chi connectivity index (χ3n) is 6.86. The van der Waals surface area contributed by atoms with Crippen LogP contribution in [0, 0.1) is 0 Å². The van der Waals surface area contributed by atoms with Gasteiger partial charge in [0.1, 0.15) is 0 Å². The zero-order valence-electron chi connectivity index (χ0n) is 24.2. The molecule has 0 unspecified atom stereocenters. The largest absolute Gasteiger partial charge is 0.460 e. The van der Waals surface area contributed by atoms with Crippen LogP contribution in [0.25, 0.3) is 0 Å². The van der Waals surface area contributed by atoms with E-state index in [-0.39, 0.29) is 0 Å². The van der Waals surface area contributed by atoms with Crippen LogP contribution >= 0.6 is 0 Å². The lowest BCUT2D eigenvalue weighted by molar-refractivity contribution is -0.499. The highest BCUT2D eigenvalue weighted by Crippen LogP contribution is 2.70. The maximum atomic E-state index is 13.8. The summed E-state index contributed by atoms with van der Waals surface area (Å²) in [7, 11) is 0. The van der Waals surface area contributed by atoms with Crippen LogP contribution in [0.1, 0.15) is 0 Å². The van der Waals surface area contributed by atoms with Gasteiger partial charge in [-0.2, -0.15) is 162 Å². The van der Waals surface area contributed by atoms with Crippen LogP contribution < -0.4 is 0 Å². The topological polar surface area (TPSA) is 3.24 Å². The van der Waals surface area contributed by atoms with Gasteiger partial charge in [0.2, 0.25) is 0 Å². The van der Waals surface area contributed by atoms with Gasteiger partial charge in [-0.3, -0.25) is 0 Å². The smallest absolute Gasteiger partial charge is 0.192 e. The standard InChI is InChI=1S/C18F39N/c19-1(20,3(23,24)5(27,28)7(31,32)9(35,36)11(39,40)13(43,44)15(47,48)17(51,52)53)2(21,22)4(25,26)6(29,30)8(33,34)10(37,38)12(41,42)14(45,46)16(49,50)18(54,55)58(56)57. The highest BCUT2D eigenvalue weighted by atomic mass is 19.4. The van der Waals surface area contributed by atoms with Crippen molar-refractivity contribution in [3.63, 3.8) is 0 Å². The van der Waals surface area contributed by atoms with Crippen molar-refractivity contribution in [3.05, 3.63) is 0 Å². The number of alkyl halides is 37. The summed E-state index contributed by atoms with van der Waals surface area (Å²) in [5.41, 5.74) is 0. The Bertz CT molecular complexity index is 1490. The molecule has 0 N–H and O–H groups in total. The van der Waals surface area contributed by atoms with Gasteiger partial charge < -0.3 is 0 Å². The zero-order chi connectivity index (χ0) is 48.6. The number of nitrogens with zero attached hydrogens (tertiary/aromatic N) is 1. The van der Waals surface area contributed by atoms with Crippen LogP contribution in [-0.2, 0) is 0 Å². The predicted octanol–water partition coefficient (Wildman–Crippen LogP) is 12.4. The van der Waals surface area contributed by atoms with Gasteiger partial charge in [-0.05, 0) is 0 Å². The van der Waals surface area contributed by atoms with Crippen LogP contribution in [0.4, 0.5) is 171 Å². The van der Waals surface area contributed by atoms with Crippen molar-refractivity contribution in [2.45, 2.75) is 107 Å².